The Hall–Kier alpha value is -0.530. The first kappa shape index (κ1) is 16.8. The van der Waals surface area contributed by atoms with Crippen molar-refractivity contribution in [2.24, 2.45) is 17.8 Å². The van der Waals surface area contributed by atoms with Gasteiger partial charge in [0.15, 0.2) is 0 Å². The minimum absolute atomic E-state index is 0.104. The molecule has 0 amide bonds. The van der Waals surface area contributed by atoms with E-state index in [0.717, 1.165) is 24.7 Å². The van der Waals surface area contributed by atoms with Gasteiger partial charge in [-0.1, -0.05) is 46.0 Å². The molecule has 2 aliphatic carbocycles. The van der Waals surface area contributed by atoms with Gasteiger partial charge >= 0.3 is 5.97 Å². The lowest BCUT2D eigenvalue weighted by molar-refractivity contribution is -0.167. The van der Waals surface area contributed by atoms with E-state index in [-0.39, 0.29) is 11.6 Å². The Morgan fingerprint density at radius 1 is 0.905 bits per heavy atom. The van der Waals surface area contributed by atoms with Crippen LogP contribution in [0.15, 0.2) is 0 Å². The Labute approximate surface area is 131 Å². The highest BCUT2D eigenvalue weighted by Gasteiger charge is 2.41. The fourth-order valence-corrected chi connectivity index (χ4v) is 5.06. The molecule has 0 aromatic rings. The fourth-order valence-electron chi connectivity index (χ4n) is 5.06. The molecule has 0 unspecified atom stereocenters. The molecule has 0 aromatic heterocycles. The van der Waals surface area contributed by atoms with Crippen LogP contribution in [0.25, 0.3) is 0 Å². The number of carbonyl (C=O) groups is 1. The summed E-state index contributed by atoms with van der Waals surface area (Å²) in [6.45, 7) is 5.92. The third-order valence-corrected chi connectivity index (χ3v) is 6.38. The van der Waals surface area contributed by atoms with Crippen LogP contribution in [0.4, 0.5) is 0 Å². The molecule has 0 radical (unpaired) electrons. The van der Waals surface area contributed by atoms with Crippen LogP contribution in [0.5, 0.6) is 0 Å². The van der Waals surface area contributed by atoms with Gasteiger partial charge in [-0.2, -0.15) is 0 Å². The van der Waals surface area contributed by atoms with Crippen LogP contribution in [0.2, 0.25) is 0 Å². The van der Waals surface area contributed by atoms with Gasteiger partial charge in [0.2, 0.25) is 0 Å². The zero-order valence-electron chi connectivity index (χ0n) is 14.3. The summed E-state index contributed by atoms with van der Waals surface area (Å²) < 4.78 is 5.82. The van der Waals surface area contributed by atoms with E-state index in [0.29, 0.717) is 5.92 Å². The highest BCUT2D eigenvalue weighted by Crippen LogP contribution is 2.45. The van der Waals surface area contributed by atoms with Gasteiger partial charge in [0, 0.05) is 6.92 Å². The molecule has 21 heavy (non-hydrogen) atoms. The highest BCUT2D eigenvalue weighted by atomic mass is 16.6. The standard InChI is InChI=1S/C19H34O2/c1-4-19(5-2,21-15(3)20)18-13-11-17(12-14-18)16-9-7-6-8-10-16/h16-18H,4-14H2,1-3H3. The Kier molecular flexibility index (Phi) is 6.13. The zero-order valence-corrected chi connectivity index (χ0v) is 14.3. The molecular weight excluding hydrogens is 260 g/mol. The third kappa shape index (κ3) is 4.02. The number of rotatable bonds is 5. The molecule has 0 aromatic carbocycles. The molecule has 0 heterocycles. The van der Waals surface area contributed by atoms with Crippen molar-refractivity contribution in [1.29, 1.82) is 0 Å². The topological polar surface area (TPSA) is 26.3 Å². The lowest BCUT2D eigenvalue weighted by Gasteiger charge is -2.44. The smallest absolute Gasteiger partial charge is 0.303 e. The quantitative estimate of drug-likeness (QED) is 0.626. The minimum atomic E-state index is -0.191. The predicted octanol–water partition coefficient (Wildman–Crippen LogP) is 5.50. The Bertz CT molecular complexity index is 318. The molecule has 0 N–H and O–H groups in total. The highest BCUT2D eigenvalue weighted by molar-refractivity contribution is 5.66. The summed E-state index contributed by atoms with van der Waals surface area (Å²) in [4.78, 5) is 11.5. The van der Waals surface area contributed by atoms with Gasteiger partial charge in [0.05, 0.1) is 0 Å². The number of carbonyl (C=O) groups excluding carboxylic acids is 1. The van der Waals surface area contributed by atoms with Crippen LogP contribution in [-0.4, -0.2) is 11.6 Å². The number of hydrogen-bond donors (Lipinski definition) is 0. The van der Waals surface area contributed by atoms with Gasteiger partial charge in [-0.25, -0.2) is 0 Å². The monoisotopic (exact) mass is 294 g/mol. The molecule has 2 fully saturated rings. The van der Waals surface area contributed by atoms with Gasteiger partial charge in [-0.05, 0) is 56.3 Å². The van der Waals surface area contributed by atoms with E-state index in [9.17, 15) is 4.79 Å². The summed E-state index contributed by atoms with van der Waals surface area (Å²) in [5, 5.41) is 0. The second kappa shape index (κ2) is 7.65. The summed E-state index contributed by atoms with van der Waals surface area (Å²) in [5.41, 5.74) is -0.191. The average Bonchev–Trinajstić information content (AvgIpc) is 2.53. The summed E-state index contributed by atoms with van der Waals surface area (Å²) in [5.74, 6) is 2.42. The van der Waals surface area contributed by atoms with Crippen molar-refractivity contribution < 1.29 is 9.53 Å². The van der Waals surface area contributed by atoms with E-state index in [2.05, 4.69) is 13.8 Å². The molecule has 2 nitrogen and oxygen atoms in total. The summed E-state index contributed by atoms with van der Waals surface area (Å²) in [6, 6.07) is 0. The van der Waals surface area contributed by atoms with Crippen molar-refractivity contribution in [2.75, 3.05) is 0 Å². The first-order chi connectivity index (χ1) is 10.1. The minimum Gasteiger partial charge on any atom is -0.459 e. The van der Waals surface area contributed by atoms with E-state index in [4.69, 9.17) is 4.74 Å². The van der Waals surface area contributed by atoms with E-state index < -0.39 is 0 Å². The molecule has 0 saturated heterocycles. The van der Waals surface area contributed by atoms with Gasteiger partial charge in [-0.15, -0.1) is 0 Å². The largest absolute Gasteiger partial charge is 0.459 e. The van der Waals surface area contributed by atoms with Crippen LogP contribution in [0.3, 0.4) is 0 Å². The SMILES string of the molecule is CCC(CC)(OC(C)=O)C1CCC(C2CCCCC2)CC1. The Balaban J connectivity index is 1.92. The van der Waals surface area contributed by atoms with Crippen LogP contribution in [0.1, 0.15) is 91.4 Å². The molecule has 0 aliphatic heterocycles. The van der Waals surface area contributed by atoms with Crippen molar-refractivity contribution in [3.63, 3.8) is 0 Å². The van der Waals surface area contributed by atoms with Crippen LogP contribution < -0.4 is 0 Å². The molecule has 2 heteroatoms. The number of ether oxygens (including phenoxy) is 1. The summed E-state index contributed by atoms with van der Waals surface area (Å²) >= 11 is 0. The summed E-state index contributed by atoms with van der Waals surface area (Å²) in [7, 11) is 0. The lowest BCUT2D eigenvalue weighted by Crippen LogP contribution is -2.43. The number of hydrogen-bond acceptors (Lipinski definition) is 2. The van der Waals surface area contributed by atoms with Crippen molar-refractivity contribution in [2.45, 2.75) is 97.0 Å². The van der Waals surface area contributed by atoms with E-state index >= 15 is 0 Å². The maximum atomic E-state index is 11.5. The van der Waals surface area contributed by atoms with Crippen LogP contribution in [0, 0.1) is 17.8 Å². The molecule has 2 rings (SSSR count). The number of esters is 1. The first-order valence-corrected chi connectivity index (χ1v) is 9.31. The van der Waals surface area contributed by atoms with Crippen molar-refractivity contribution >= 4 is 5.97 Å². The molecule has 0 spiro atoms. The summed E-state index contributed by atoms with van der Waals surface area (Å²) in [6.07, 6.45) is 14.4. The molecular formula is C19H34O2. The first-order valence-electron chi connectivity index (χ1n) is 9.31. The Morgan fingerprint density at radius 3 is 1.90 bits per heavy atom. The van der Waals surface area contributed by atoms with Crippen molar-refractivity contribution in [3.05, 3.63) is 0 Å². The molecule has 122 valence electrons. The average molecular weight is 294 g/mol. The van der Waals surface area contributed by atoms with Crippen LogP contribution in [-0.2, 0) is 9.53 Å². The maximum absolute atomic E-state index is 11.5. The van der Waals surface area contributed by atoms with Crippen molar-refractivity contribution in [1.82, 2.24) is 0 Å². The van der Waals surface area contributed by atoms with E-state index in [1.54, 1.807) is 6.92 Å². The second-order valence-corrected chi connectivity index (χ2v) is 7.38. The van der Waals surface area contributed by atoms with Gasteiger partial charge < -0.3 is 4.74 Å². The Morgan fingerprint density at radius 2 is 1.43 bits per heavy atom. The maximum Gasteiger partial charge on any atom is 0.303 e. The van der Waals surface area contributed by atoms with Gasteiger partial charge in [0.1, 0.15) is 5.60 Å². The molecule has 0 bridgehead atoms. The zero-order chi connectivity index (χ0) is 15.3. The van der Waals surface area contributed by atoms with Crippen molar-refractivity contribution in [3.8, 4) is 0 Å². The third-order valence-electron chi connectivity index (χ3n) is 6.38. The lowest BCUT2D eigenvalue weighted by atomic mass is 9.66. The predicted molar refractivity (Wildman–Crippen MR) is 87.1 cm³/mol. The van der Waals surface area contributed by atoms with E-state index in [1.807, 2.05) is 0 Å². The fraction of sp³-hybridized carbons (Fsp3) is 0.947. The molecule has 2 aliphatic rings. The normalized spacial score (nSPS) is 28.3. The van der Waals surface area contributed by atoms with Crippen LogP contribution >= 0.6 is 0 Å². The van der Waals surface area contributed by atoms with Gasteiger partial charge in [0.25, 0.3) is 0 Å². The molecule has 2 saturated carbocycles. The molecule has 0 atom stereocenters. The van der Waals surface area contributed by atoms with Gasteiger partial charge in [-0.3, -0.25) is 4.79 Å². The van der Waals surface area contributed by atoms with E-state index in [1.165, 1.54) is 57.8 Å². The second-order valence-electron chi connectivity index (χ2n) is 7.38.